The SMILES string of the molecule is COc1ccc(CCc2nc3cc(/C(C(C)=N)=C(\C)O)ccn3c2NC23CC4CC(CC(C4)C2)C3)cc1. The standard InChI is InChI=1S/C31H38N4O2/c1-19(32)29(20(2)36)25-10-11-35-28(15-25)33-27(9-6-21-4-7-26(37-3)8-5-21)30(35)34-31-16-22-12-23(17-31)14-24(13-22)18-31/h4-5,7-8,10-11,15,22-24,32,34,36H,6,9,12-14,16-18H2,1-3H3/b29-20+,32-19?. The van der Waals surface area contributed by atoms with Crippen LogP contribution < -0.4 is 10.1 Å². The van der Waals surface area contributed by atoms with Crippen LogP contribution in [-0.4, -0.2) is 32.9 Å². The second kappa shape index (κ2) is 9.23. The monoisotopic (exact) mass is 498 g/mol. The summed E-state index contributed by atoms with van der Waals surface area (Å²) in [4.78, 5) is 5.12. The van der Waals surface area contributed by atoms with E-state index in [9.17, 15) is 5.11 Å². The van der Waals surface area contributed by atoms with E-state index in [-0.39, 0.29) is 11.3 Å². The van der Waals surface area contributed by atoms with E-state index in [1.165, 1.54) is 44.1 Å². The molecular formula is C31H38N4O2. The molecule has 0 spiro atoms. The van der Waals surface area contributed by atoms with Crippen molar-refractivity contribution in [3.8, 4) is 5.75 Å². The van der Waals surface area contributed by atoms with E-state index in [4.69, 9.17) is 15.1 Å². The van der Waals surface area contributed by atoms with E-state index in [0.29, 0.717) is 11.3 Å². The molecule has 4 aliphatic rings. The highest BCUT2D eigenvalue weighted by Crippen LogP contribution is 2.56. The summed E-state index contributed by atoms with van der Waals surface area (Å²) in [7, 11) is 1.70. The Bertz CT molecular complexity index is 1330. The normalized spacial score (nSPS) is 26.8. The van der Waals surface area contributed by atoms with Gasteiger partial charge in [-0.25, -0.2) is 4.98 Å². The molecule has 4 aliphatic carbocycles. The number of methoxy groups -OCH3 is 1. The molecule has 2 heterocycles. The van der Waals surface area contributed by atoms with Crippen molar-refractivity contribution in [3.63, 3.8) is 0 Å². The zero-order valence-corrected chi connectivity index (χ0v) is 22.2. The second-order valence-corrected chi connectivity index (χ2v) is 11.8. The molecule has 37 heavy (non-hydrogen) atoms. The number of benzene rings is 1. The summed E-state index contributed by atoms with van der Waals surface area (Å²) in [6, 6.07) is 12.3. The van der Waals surface area contributed by atoms with Gasteiger partial charge in [-0.1, -0.05) is 12.1 Å². The van der Waals surface area contributed by atoms with Gasteiger partial charge in [-0.2, -0.15) is 0 Å². The average molecular weight is 499 g/mol. The van der Waals surface area contributed by atoms with Crippen LogP contribution in [0.25, 0.3) is 11.2 Å². The van der Waals surface area contributed by atoms with Crippen molar-refractivity contribution >= 4 is 22.7 Å². The fourth-order valence-electron chi connectivity index (χ4n) is 7.82. The molecule has 194 valence electrons. The van der Waals surface area contributed by atoms with Crippen LogP contribution in [0.5, 0.6) is 5.75 Å². The quantitative estimate of drug-likeness (QED) is 0.235. The number of aryl methyl sites for hydroxylation is 2. The number of rotatable bonds is 8. The van der Waals surface area contributed by atoms with Gasteiger partial charge < -0.3 is 20.6 Å². The van der Waals surface area contributed by atoms with Gasteiger partial charge in [0.1, 0.15) is 17.2 Å². The second-order valence-electron chi connectivity index (χ2n) is 11.8. The average Bonchev–Trinajstić information content (AvgIpc) is 3.17. The van der Waals surface area contributed by atoms with E-state index in [0.717, 1.165) is 59.1 Å². The molecule has 0 aliphatic heterocycles. The Kier molecular flexibility index (Phi) is 6.01. The van der Waals surface area contributed by atoms with Gasteiger partial charge in [-0.15, -0.1) is 0 Å². The Balaban J connectivity index is 1.37. The molecule has 6 heteroatoms. The van der Waals surface area contributed by atoms with Crippen LogP contribution in [-0.2, 0) is 12.8 Å². The maximum atomic E-state index is 10.2. The zero-order valence-electron chi connectivity index (χ0n) is 22.2. The number of imidazole rings is 1. The summed E-state index contributed by atoms with van der Waals surface area (Å²) >= 11 is 0. The number of ether oxygens (including phenoxy) is 1. The van der Waals surface area contributed by atoms with Crippen LogP contribution in [0.15, 0.2) is 48.4 Å². The molecule has 6 nitrogen and oxygen atoms in total. The molecule has 4 bridgehead atoms. The van der Waals surface area contributed by atoms with Gasteiger partial charge in [-0.05, 0) is 118 Å². The first kappa shape index (κ1) is 24.1. The van der Waals surface area contributed by atoms with Crippen molar-refractivity contribution in [2.24, 2.45) is 17.8 Å². The maximum absolute atomic E-state index is 10.2. The number of aromatic nitrogens is 2. The Hall–Kier alpha value is -3.28. The zero-order chi connectivity index (χ0) is 25.7. The molecule has 1 aromatic carbocycles. The van der Waals surface area contributed by atoms with Crippen molar-refractivity contribution < 1.29 is 9.84 Å². The Labute approximate surface area is 219 Å². The van der Waals surface area contributed by atoms with E-state index >= 15 is 0 Å². The summed E-state index contributed by atoms with van der Waals surface area (Å²) < 4.78 is 7.52. The Morgan fingerprint density at radius 3 is 2.27 bits per heavy atom. The number of nitrogens with one attached hydrogen (secondary N) is 2. The number of anilines is 1. The minimum atomic E-state index is 0.162. The molecule has 2 aromatic heterocycles. The molecule has 0 atom stereocenters. The highest BCUT2D eigenvalue weighted by molar-refractivity contribution is 6.21. The minimum Gasteiger partial charge on any atom is -0.512 e. The first-order valence-electron chi connectivity index (χ1n) is 13.7. The van der Waals surface area contributed by atoms with Crippen LogP contribution in [0, 0.1) is 23.2 Å². The van der Waals surface area contributed by atoms with Crippen LogP contribution in [0.3, 0.4) is 0 Å². The fourth-order valence-corrected chi connectivity index (χ4v) is 7.82. The number of nitrogens with zero attached hydrogens (tertiary/aromatic N) is 2. The van der Waals surface area contributed by atoms with Gasteiger partial charge in [0.05, 0.1) is 18.6 Å². The number of allylic oxidation sites excluding steroid dienone is 2. The minimum absolute atomic E-state index is 0.162. The van der Waals surface area contributed by atoms with Crippen LogP contribution in [0.1, 0.15) is 69.2 Å². The topological polar surface area (TPSA) is 82.6 Å². The predicted molar refractivity (Wildman–Crippen MR) is 149 cm³/mol. The van der Waals surface area contributed by atoms with E-state index in [2.05, 4.69) is 28.0 Å². The molecule has 0 unspecified atom stereocenters. The van der Waals surface area contributed by atoms with Gasteiger partial charge in [0.15, 0.2) is 0 Å². The molecular weight excluding hydrogens is 460 g/mol. The number of hydrogen-bond acceptors (Lipinski definition) is 5. The largest absolute Gasteiger partial charge is 0.512 e. The summed E-state index contributed by atoms with van der Waals surface area (Å²) in [5.74, 6) is 4.75. The van der Waals surface area contributed by atoms with Gasteiger partial charge in [0.25, 0.3) is 0 Å². The number of aliphatic hydroxyl groups is 1. The predicted octanol–water partition coefficient (Wildman–Crippen LogP) is 6.84. The van der Waals surface area contributed by atoms with Crippen molar-refractivity contribution in [1.29, 1.82) is 5.41 Å². The molecule has 0 radical (unpaired) electrons. The maximum Gasteiger partial charge on any atom is 0.139 e. The Morgan fingerprint density at radius 1 is 1.05 bits per heavy atom. The van der Waals surface area contributed by atoms with Crippen molar-refractivity contribution in [1.82, 2.24) is 9.38 Å². The van der Waals surface area contributed by atoms with Crippen molar-refractivity contribution in [3.05, 3.63) is 65.2 Å². The Morgan fingerprint density at radius 2 is 1.70 bits per heavy atom. The third-order valence-corrected chi connectivity index (χ3v) is 8.96. The van der Waals surface area contributed by atoms with E-state index in [1.807, 2.05) is 24.3 Å². The highest BCUT2D eigenvalue weighted by atomic mass is 16.5. The van der Waals surface area contributed by atoms with Gasteiger partial charge in [0, 0.05) is 23.0 Å². The smallest absolute Gasteiger partial charge is 0.139 e. The van der Waals surface area contributed by atoms with Crippen molar-refractivity contribution in [2.45, 2.75) is 70.8 Å². The lowest BCUT2D eigenvalue weighted by atomic mass is 9.53. The summed E-state index contributed by atoms with van der Waals surface area (Å²) in [6.45, 7) is 3.36. The van der Waals surface area contributed by atoms with Gasteiger partial charge in [-0.3, -0.25) is 4.40 Å². The van der Waals surface area contributed by atoms with Gasteiger partial charge in [0.2, 0.25) is 0 Å². The third-order valence-electron chi connectivity index (χ3n) is 8.96. The number of pyridine rings is 1. The lowest BCUT2D eigenvalue weighted by molar-refractivity contribution is 0.0105. The van der Waals surface area contributed by atoms with Crippen molar-refractivity contribution in [2.75, 3.05) is 12.4 Å². The number of fused-ring (bicyclic) bond motifs is 1. The molecule has 3 N–H and O–H groups in total. The van der Waals surface area contributed by atoms with Crippen LogP contribution in [0.4, 0.5) is 5.82 Å². The summed E-state index contributed by atoms with van der Waals surface area (Å²) in [5.41, 5.74) is 5.13. The van der Waals surface area contributed by atoms with Crippen LogP contribution in [0.2, 0.25) is 0 Å². The van der Waals surface area contributed by atoms with Crippen LogP contribution >= 0.6 is 0 Å². The number of hydrogen-bond donors (Lipinski definition) is 3. The highest BCUT2D eigenvalue weighted by Gasteiger charge is 2.51. The van der Waals surface area contributed by atoms with E-state index < -0.39 is 0 Å². The molecule has 0 amide bonds. The first-order chi connectivity index (χ1) is 17.8. The van der Waals surface area contributed by atoms with Gasteiger partial charge >= 0.3 is 0 Å². The third kappa shape index (κ3) is 4.51. The molecule has 3 aromatic rings. The van der Waals surface area contributed by atoms with E-state index in [1.54, 1.807) is 21.0 Å². The summed E-state index contributed by atoms with van der Waals surface area (Å²) in [6.07, 6.45) is 11.9. The summed E-state index contributed by atoms with van der Waals surface area (Å²) in [5, 5.41) is 22.5. The molecule has 4 fully saturated rings. The number of aliphatic hydroxyl groups excluding tert-OH is 1. The molecule has 4 saturated carbocycles. The first-order valence-corrected chi connectivity index (χ1v) is 13.7. The molecule has 0 saturated heterocycles. The lowest BCUT2D eigenvalue weighted by Gasteiger charge is -2.57. The lowest BCUT2D eigenvalue weighted by Crippen LogP contribution is -2.55. The molecule has 7 rings (SSSR count). The fraction of sp³-hybridized carbons (Fsp3) is 0.484.